The van der Waals surface area contributed by atoms with Crippen LogP contribution in [0, 0.1) is 0 Å². The molecule has 1 aromatic carbocycles. The summed E-state index contributed by atoms with van der Waals surface area (Å²) in [4.78, 5) is 0. The van der Waals surface area contributed by atoms with Gasteiger partial charge in [0.25, 0.3) is 0 Å². The van der Waals surface area contributed by atoms with Gasteiger partial charge in [-0.15, -0.1) is 0 Å². The van der Waals surface area contributed by atoms with E-state index in [2.05, 4.69) is 26.8 Å². The van der Waals surface area contributed by atoms with E-state index >= 15 is 0 Å². The number of hydrogen-bond donors (Lipinski definition) is 1. The van der Waals surface area contributed by atoms with Gasteiger partial charge in [0.1, 0.15) is 18.0 Å². The summed E-state index contributed by atoms with van der Waals surface area (Å²) in [5.41, 5.74) is 2.38. The maximum Gasteiger partial charge on any atom is 0.119 e. The van der Waals surface area contributed by atoms with Crippen LogP contribution in [-0.2, 0) is 20.6 Å². The van der Waals surface area contributed by atoms with Crippen LogP contribution >= 0.6 is 0 Å². The topological polar surface area (TPSA) is 54.5 Å². The number of aryl methyl sites for hydroxylation is 1. The Labute approximate surface area is 133 Å². The van der Waals surface area contributed by atoms with E-state index in [9.17, 15) is 5.11 Å². The van der Waals surface area contributed by atoms with Crippen LogP contribution in [0.5, 0.6) is 5.75 Å². The fraction of sp³-hybridized carbons (Fsp3) is 0.667. The summed E-state index contributed by atoms with van der Waals surface area (Å²) in [6.07, 6.45) is 3.04. The highest BCUT2D eigenvalue weighted by molar-refractivity contribution is 5.38. The van der Waals surface area contributed by atoms with Crippen molar-refractivity contribution < 1.29 is 19.3 Å². The Bertz CT molecular complexity index is 438. The zero-order valence-corrected chi connectivity index (χ0v) is 13.9. The molecule has 4 heteroatoms. The van der Waals surface area contributed by atoms with Gasteiger partial charge in [0.05, 0.1) is 26.4 Å². The first-order valence-corrected chi connectivity index (χ1v) is 8.22. The predicted molar refractivity (Wildman–Crippen MR) is 86.5 cm³/mol. The van der Waals surface area contributed by atoms with Crippen LogP contribution in [0.2, 0.25) is 0 Å². The molecule has 0 spiro atoms. The third-order valence-electron chi connectivity index (χ3n) is 3.66. The van der Waals surface area contributed by atoms with Gasteiger partial charge in [0.15, 0.2) is 0 Å². The number of rotatable bonds is 7. The van der Waals surface area contributed by atoms with Crippen molar-refractivity contribution >= 4 is 0 Å². The number of phenolic OH excluding ortho intramolecular Hbond substituents is 1. The largest absolute Gasteiger partial charge is 0.508 e. The number of epoxide rings is 2. The van der Waals surface area contributed by atoms with Crippen LogP contribution in [0.15, 0.2) is 18.2 Å². The molecule has 2 aliphatic heterocycles. The van der Waals surface area contributed by atoms with Crippen LogP contribution in [-0.4, -0.2) is 43.7 Å². The van der Waals surface area contributed by atoms with E-state index < -0.39 is 0 Å². The van der Waals surface area contributed by atoms with Crippen LogP contribution in [0.3, 0.4) is 0 Å². The van der Waals surface area contributed by atoms with E-state index in [1.54, 1.807) is 6.07 Å². The van der Waals surface area contributed by atoms with Gasteiger partial charge in [-0.1, -0.05) is 39.3 Å². The molecule has 124 valence electrons. The molecule has 0 saturated carbocycles. The Hall–Kier alpha value is -1.10. The third kappa shape index (κ3) is 6.34. The summed E-state index contributed by atoms with van der Waals surface area (Å²) in [5, 5.41) is 9.57. The lowest BCUT2D eigenvalue weighted by Crippen LogP contribution is -2.06. The van der Waals surface area contributed by atoms with E-state index in [1.807, 2.05) is 6.07 Å². The minimum atomic E-state index is 0.392. The monoisotopic (exact) mass is 308 g/mol. The predicted octanol–water partition coefficient (Wildman–Crippen LogP) is 3.27. The van der Waals surface area contributed by atoms with Crippen LogP contribution in [0.25, 0.3) is 0 Å². The van der Waals surface area contributed by atoms with Gasteiger partial charge >= 0.3 is 0 Å². The Morgan fingerprint density at radius 3 is 2.23 bits per heavy atom. The Morgan fingerprint density at radius 1 is 1.18 bits per heavy atom. The molecule has 2 unspecified atom stereocenters. The second-order valence-corrected chi connectivity index (χ2v) is 6.25. The lowest BCUT2D eigenvalue weighted by molar-refractivity contribution is 0.102. The molecule has 0 aliphatic carbocycles. The quantitative estimate of drug-likeness (QED) is 0.786. The van der Waals surface area contributed by atoms with E-state index in [0.29, 0.717) is 23.9 Å². The molecule has 2 fully saturated rings. The maximum absolute atomic E-state index is 9.57. The summed E-state index contributed by atoms with van der Waals surface area (Å²) in [6.45, 7) is 9.63. The second-order valence-electron chi connectivity index (χ2n) is 6.25. The van der Waals surface area contributed by atoms with Crippen molar-refractivity contribution in [1.29, 1.82) is 0 Å². The van der Waals surface area contributed by atoms with Gasteiger partial charge in [-0.3, -0.25) is 0 Å². The molecule has 22 heavy (non-hydrogen) atoms. The molecule has 2 heterocycles. The molecular formula is C18H28O4. The summed E-state index contributed by atoms with van der Waals surface area (Å²) in [7, 11) is 0. The van der Waals surface area contributed by atoms with E-state index in [0.717, 1.165) is 44.8 Å². The molecule has 0 aromatic heterocycles. The van der Waals surface area contributed by atoms with Crippen molar-refractivity contribution in [3.05, 3.63) is 29.3 Å². The van der Waals surface area contributed by atoms with Gasteiger partial charge in [0, 0.05) is 0 Å². The van der Waals surface area contributed by atoms with Crippen LogP contribution in [0.4, 0.5) is 0 Å². The minimum Gasteiger partial charge on any atom is -0.508 e. The van der Waals surface area contributed by atoms with Gasteiger partial charge in [-0.05, 0) is 29.5 Å². The number of hydrogen-bond acceptors (Lipinski definition) is 4. The van der Waals surface area contributed by atoms with Crippen molar-refractivity contribution in [2.24, 2.45) is 0 Å². The Morgan fingerprint density at radius 2 is 1.77 bits per heavy atom. The van der Waals surface area contributed by atoms with Crippen molar-refractivity contribution in [2.75, 3.05) is 26.4 Å². The first kappa shape index (κ1) is 17.3. The lowest BCUT2D eigenvalue weighted by Gasteiger charge is -2.09. The highest BCUT2D eigenvalue weighted by atomic mass is 16.6. The van der Waals surface area contributed by atoms with Crippen molar-refractivity contribution in [2.45, 2.75) is 51.7 Å². The first-order valence-electron chi connectivity index (χ1n) is 8.22. The number of aromatic hydroxyl groups is 1. The standard InChI is InChI=1S/C12H18O.C6H10O3/c1-4-5-10-6-7-12(13)11(8-10)9(2)3;1(5-3-8-5)7-2-6-4-9-6/h6-9,13H,4-5H2,1-3H3;5-6H,1-4H2. The highest BCUT2D eigenvalue weighted by Crippen LogP contribution is 2.26. The Balaban J connectivity index is 0.000000170. The maximum atomic E-state index is 9.57. The molecular weight excluding hydrogens is 280 g/mol. The lowest BCUT2D eigenvalue weighted by atomic mass is 9.98. The average molecular weight is 308 g/mol. The molecule has 1 aromatic rings. The molecule has 0 radical (unpaired) electrons. The summed E-state index contributed by atoms with van der Waals surface area (Å²) >= 11 is 0. The Kier molecular flexibility index (Phi) is 6.68. The fourth-order valence-corrected chi connectivity index (χ4v) is 2.17. The average Bonchev–Trinajstić information content (AvgIpc) is 3.36. The summed E-state index contributed by atoms with van der Waals surface area (Å²) < 4.78 is 15.1. The summed E-state index contributed by atoms with van der Waals surface area (Å²) in [6, 6.07) is 5.93. The SMILES string of the molecule is C(OCC1CO1)C1CO1.CCCc1ccc(O)c(C(C)C)c1. The molecule has 2 saturated heterocycles. The van der Waals surface area contributed by atoms with Crippen LogP contribution in [0.1, 0.15) is 44.2 Å². The molecule has 3 rings (SSSR count). The first-order chi connectivity index (χ1) is 10.6. The van der Waals surface area contributed by atoms with Gasteiger partial charge in [0.2, 0.25) is 0 Å². The third-order valence-corrected chi connectivity index (χ3v) is 3.66. The summed E-state index contributed by atoms with van der Waals surface area (Å²) in [5.74, 6) is 0.826. The number of ether oxygens (including phenoxy) is 3. The number of benzene rings is 1. The normalized spacial score (nSPS) is 22.2. The second kappa shape index (κ2) is 8.51. The zero-order valence-electron chi connectivity index (χ0n) is 13.9. The molecule has 4 nitrogen and oxygen atoms in total. The van der Waals surface area contributed by atoms with Crippen molar-refractivity contribution in [3.63, 3.8) is 0 Å². The van der Waals surface area contributed by atoms with Crippen LogP contribution < -0.4 is 0 Å². The fourth-order valence-electron chi connectivity index (χ4n) is 2.17. The molecule has 2 aliphatic rings. The van der Waals surface area contributed by atoms with E-state index in [1.165, 1.54) is 5.56 Å². The molecule has 0 amide bonds. The van der Waals surface area contributed by atoms with Gasteiger partial charge in [-0.2, -0.15) is 0 Å². The molecule has 0 bridgehead atoms. The van der Waals surface area contributed by atoms with Gasteiger partial charge in [-0.25, -0.2) is 0 Å². The van der Waals surface area contributed by atoms with E-state index in [-0.39, 0.29) is 0 Å². The highest BCUT2D eigenvalue weighted by Gasteiger charge is 2.26. The smallest absolute Gasteiger partial charge is 0.119 e. The van der Waals surface area contributed by atoms with Crippen molar-refractivity contribution in [1.82, 2.24) is 0 Å². The van der Waals surface area contributed by atoms with E-state index in [4.69, 9.17) is 14.2 Å². The molecule has 1 N–H and O–H groups in total. The molecule has 2 atom stereocenters. The zero-order chi connectivity index (χ0) is 15.9. The van der Waals surface area contributed by atoms with Gasteiger partial charge < -0.3 is 19.3 Å². The number of phenols is 1. The van der Waals surface area contributed by atoms with Crippen molar-refractivity contribution in [3.8, 4) is 5.75 Å². The minimum absolute atomic E-state index is 0.392.